The molecule has 1 aliphatic rings. The molecule has 86 valence electrons. The maximum atomic E-state index is 11.3. The third kappa shape index (κ3) is 2.21. The Bertz CT molecular complexity index is 396. The first kappa shape index (κ1) is 11.0. The van der Waals surface area contributed by atoms with Gasteiger partial charge in [0.1, 0.15) is 5.78 Å². The van der Waals surface area contributed by atoms with E-state index in [1.807, 2.05) is 19.9 Å². The first-order chi connectivity index (χ1) is 7.56. The third-order valence-corrected chi connectivity index (χ3v) is 3.02. The van der Waals surface area contributed by atoms with E-state index in [2.05, 4.69) is 14.9 Å². The second-order valence-electron chi connectivity index (χ2n) is 4.49. The van der Waals surface area contributed by atoms with Gasteiger partial charge in [0.15, 0.2) is 0 Å². The van der Waals surface area contributed by atoms with E-state index >= 15 is 0 Å². The zero-order chi connectivity index (χ0) is 11.7. The van der Waals surface area contributed by atoms with E-state index in [9.17, 15) is 4.79 Å². The van der Waals surface area contributed by atoms with Crippen molar-refractivity contribution in [2.75, 3.05) is 18.0 Å². The van der Waals surface area contributed by atoms with Gasteiger partial charge in [-0.2, -0.15) is 0 Å². The van der Waals surface area contributed by atoms with Crippen LogP contribution in [0, 0.1) is 19.8 Å². The molecule has 0 spiro atoms. The van der Waals surface area contributed by atoms with Crippen molar-refractivity contribution in [3.05, 3.63) is 17.5 Å². The summed E-state index contributed by atoms with van der Waals surface area (Å²) < 4.78 is 0. The molecule has 4 nitrogen and oxygen atoms in total. The number of ketones is 1. The van der Waals surface area contributed by atoms with Crippen LogP contribution in [0.15, 0.2) is 6.07 Å². The van der Waals surface area contributed by atoms with Gasteiger partial charge in [0.05, 0.1) is 0 Å². The molecule has 0 bridgehead atoms. The highest BCUT2D eigenvalue weighted by Gasteiger charge is 2.27. The smallest absolute Gasteiger partial charge is 0.225 e. The summed E-state index contributed by atoms with van der Waals surface area (Å²) in [5.74, 6) is 1.19. The predicted molar refractivity (Wildman–Crippen MR) is 62.5 cm³/mol. The highest BCUT2D eigenvalue weighted by molar-refractivity contribution is 5.79. The molecule has 0 unspecified atom stereocenters. The summed E-state index contributed by atoms with van der Waals surface area (Å²) in [6, 6.07) is 1.96. The number of rotatable bonds is 2. The van der Waals surface area contributed by atoms with Gasteiger partial charge in [0.25, 0.3) is 0 Å². The zero-order valence-electron chi connectivity index (χ0n) is 10.0. The number of anilines is 1. The topological polar surface area (TPSA) is 46.1 Å². The number of carbonyl (C=O) groups is 1. The molecule has 0 aromatic carbocycles. The molecule has 1 aromatic heterocycles. The Morgan fingerprint density at radius 2 is 2.00 bits per heavy atom. The van der Waals surface area contributed by atoms with Crippen molar-refractivity contribution in [2.45, 2.75) is 27.2 Å². The molecule has 0 aliphatic carbocycles. The molecule has 16 heavy (non-hydrogen) atoms. The van der Waals surface area contributed by atoms with Crippen molar-refractivity contribution in [1.29, 1.82) is 0 Å². The number of aromatic nitrogens is 2. The fourth-order valence-electron chi connectivity index (χ4n) is 2.12. The lowest BCUT2D eigenvalue weighted by Gasteiger charge is -2.16. The normalized spacial score (nSPS) is 20.2. The lowest BCUT2D eigenvalue weighted by molar-refractivity contribution is -0.120. The highest BCUT2D eigenvalue weighted by Crippen LogP contribution is 2.21. The van der Waals surface area contributed by atoms with E-state index in [0.717, 1.165) is 36.8 Å². The molecule has 2 heterocycles. The van der Waals surface area contributed by atoms with Crippen LogP contribution >= 0.6 is 0 Å². The average Bonchev–Trinajstić information content (AvgIpc) is 2.64. The van der Waals surface area contributed by atoms with E-state index in [0.29, 0.717) is 0 Å². The van der Waals surface area contributed by atoms with Gasteiger partial charge in [-0.25, -0.2) is 9.97 Å². The van der Waals surface area contributed by atoms with E-state index in [1.165, 1.54) is 0 Å². The van der Waals surface area contributed by atoms with E-state index in [-0.39, 0.29) is 11.7 Å². The van der Waals surface area contributed by atoms with Gasteiger partial charge in [0, 0.05) is 30.4 Å². The van der Waals surface area contributed by atoms with E-state index in [4.69, 9.17) is 0 Å². The molecular formula is C12H17N3O. The largest absolute Gasteiger partial charge is 0.340 e. The van der Waals surface area contributed by atoms with Crippen LogP contribution in [0.1, 0.15) is 24.7 Å². The fourth-order valence-corrected chi connectivity index (χ4v) is 2.12. The van der Waals surface area contributed by atoms with Gasteiger partial charge in [-0.3, -0.25) is 4.79 Å². The molecule has 0 saturated carbocycles. The Morgan fingerprint density at radius 3 is 2.50 bits per heavy atom. The standard InChI is InChI=1S/C12H17N3O/c1-8-6-9(2)14-12(13-8)15-5-4-11(7-15)10(3)16/h6,11H,4-5,7H2,1-3H3/t11-/m1/s1. The Labute approximate surface area is 95.7 Å². The second-order valence-corrected chi connectivity index (χ2v) is 4.49. The monoisotopic (exact) mass is 219 g/mol. The second kappa shape index (κ2) is 4.20. The maximum Gasteiger partial charge on any atom is 0.225 e. The summed E-state index contributed by atoms with van der Waals surface area (Å²) in [5, 5.41) is 0. The molecule has 0 N–H and O–H groups in total. The van der Waals surface area contributed by atoms with Crippen molar-refractivity contribution in [2.24, 2.45) is 5.92 Å². The highest BCUT2D eigenvalue weighted by atomic mass is 16.1. The van der Waals surface area contributed by atoms with Gasteiger partial charge in [-0.1, -0.05) is 0 Å². The number of Topliss-reactive ketones (excluding diaryl/α,β-unsaturated/α-hetero) is 1. The zero-order valence-corrected chi connectivity index (χ0v) is 10.0. The molecule has 4 heteroatoms. The van der Waals surface area contributed by atoms with Crippen molar-refractivity contribution in [1.82, 2.24) is 9.97 Å². The number of hydrogen-bond donors (Lipinski definition) is 0. The van der Waals surface area contributed by atoms with Crippen molar-refractivity contribution in [3.63, 3.8) is 0 Å². The van der Waals surface area contributed by atoms with Crippen molar-refractivity contribution < 1.29 is 4.79 Å². The van der Waals surface area contributed by atoms with Crippen molar-refractivity contribution in [3.8, 4) is 0 Å². The molecular weight excluding hydrogens is 202 g/mol. The number of nitrogens with zero attached hydrogens (tertiary/aromatic N) is 3. The number of aryl methyl sites for hydroxylation is 2. The van der Waals surface area contributed by atoms with Gasteiger partial charge in [-0.15, -0.1) is 0 Å². The van der Waals surface area contributed by atoms with Crippen molar-refractivity contribution >= 4 is 11.7 Å². The maximum absolute atomic E-state index is 11.3. The Balaban J connectivity index is 2.17. The van der Waals surface area contributed by atoms with Gasteiger partial charge >= 0.3 is 0 Å². The summed E-state index contributed by atoms with van der Waals surface area (Å²) in [6.45, 7) is 7.25. The van der Waals surface area contributed by atoms with Gasteiger partial charge in [0.2, 0.25) is 5.95 Å². The quantitative estimate of drug-likeness (QED) is 0.756. The molecule has 0 amide bonds. The van der Waals surface area contributed by atoms with Gasteiger partial charge < -0.3 is 4.90 Å². The summed E-state index contributed by atoms with van der Waals surface area (Å²) in [7, 11) is 0. The summed E-state index contributed by atoms with van der Waals surface area (Å²) in [4.78, 5) is 22.2. The third-order valence-electron chi connectivity index (χ3n) is 3.02. The summed E-state index contributed by atoms with van der Waals surface area (Å²) in [5.41, 5.74) is 1.96. The Hall–Kier alpha value is -1.45. The summed E-state index contributed by atoms with van der Waals surface area (Å²) in [6.07, 6.45) is 0.922. The molecule has 1 atom stereocenters. The lowest BCUT2D eigenvalue weighted by Crippen LogP contribution is -2.24. The minimum atomic E-state index is 0.157. The fraction of sp³-hybridized carbons (Fsp3) is 0.583. The minimum absolute atomic E-state index is 0.157. The van der Waals surface area contributed by atoms with E-state index in [1.54, 1.807) is 6.92 Å². The molecule has 1 fully saturated rings. The number of hydrogen-bond acceptors (Lipinski definition) is 4. The molecule has 1 aliphatic heterocycles. The molecule has 0 radical (unpaired) electrons. The average molecular weight is 219 g/mol. The van der Waals surface area contributed by atoms with Crippen LogP contribution in [-0.2, 0) is 4.79 Å². The first-order valence-electron chi connectivity index (χ1n) is 5.64. The van der Waals surface area contributed by atoms with Crippen LogP contribution in [-0.4, -0.2) is 28.8 Å². The first-order valence-corrected chi connectivity index (χ1v) is 5.64. The van der Waals surface area contributed by atoms with Crippen LogP contribution in [0.25, 0.3) is 0 Å². The predicted octanol–water partition coefficient (Wildman–Crippen LogP) is 1.51. The van der Waals surface area contributed by atoms with Crippen LogP contribution in [0.2, 0.25) is 0 Å². The number of carbonyl (C=O) groups excluding carboxylic acids is 1. The molecule has 1 aromatic rings. The van der Waals surface area contributed by atoms with E-state index < -0.39 is 0 Å². The van der Waals surface area contributed by atoms with Crippen LogP contribution in [0.3, 0.4) is 0 Å². The van der Waals surface area contributed by atoms with Crippen LogP contribution in [0.4, 0.5) is 5.95 Å². The molecule has 1 saturated heterocycles. The Morgan fingerprint density at radius 1 is 1.38 bits per heavy atom. The van der Waals surface area contributed by atoms with Crippen LogP contribution in [0.5, 0.6) is 0 Å². The minimum Gasteiger partial charge on any atom is -0.340 e. The Kier molecular flexibility index (Phi) is 2.90. The summed E-state index contributed by atoms with van der Waals surface area (Å²) >= 11 is 0. The SMILES string of the molecule is CC(=O)[C@@H]1CCN(c2nc(C)cc(C)n2)C1. The van der Waals surface area contributed by atoms with Gasteiger partial charge in [-0.05, 0) is 33.3 Å². The lowest BCUT2D eigenvalue weighted by atomic mass is 10.1. The van der Waals surface area contributed by atoms with Crippen LogP contribution < -0.4 is 4.90 Å². The molecule has 2 rings (SSSR count).